The molecular formula is C35H37N3O7S. The van der Waals surface area contributed by atoms with Crippen LogP contribution in [-0.4, -0.2) is 48.0 Å². The summed E-state index contributed by atoms with van der Waals surface area (Å²) < 4.78 is 25.9. The van der Waals surface area contributed by atoms with Crippen molar-refractivity contribution in [2.24, 2.45) is 4.99 Å². The molecule has 0 unspecified atom stereocenters. The zero-order chi connectivity index (χ0) is 33.3. The summed E-state index contributed by atoms with van der Waals surface area (Å²) in [6, 6.07) is 13.8. The summed E-state index contributed by atoms with van der Waals surface area (Å²) in [5.41, 5.74) is 5.00. The highest BCUT2D eigenvalue weighted by atomic mass is 32.1. The molecule has 0 N–H and O–H groups in total. The molecule has 10 nitrogen and oxygen atoms in total. The van der Waals surface area contributed by atoms with Gasteiger partial charge < -0.3 is 23.5 Å². The van der Waals surface area contributed by atoms with E-state index in [4.69, 9.17) is 23.9 Å². The van der Waals surface area contributed by atoms with Crippen LogP contribution in [0.1, 0.15) is 66.6 Å². The third-order valence-corrected chi connectivity index (χ3v) is 8.65. The van der Waals surface area contributed by atoms with E-state index in [0.717, 1.165) is 22.6 Å². The van der Waals surface area contributed by atoms with Gasteiger partial charge in [-0.15, -0.1) is 0 Å². The summed E-state index contributed by atoms with van der Waals surface area (Å²) in [7, 11) is 2.90. The van der Waals surface area contributed by atoms with Crippen LogP contribution in [0.25, 0.3) is 11.8 Å². The molecule has 0 saturated heterocycles. The molecule has 1 aliphatic heterocycles. The highest BCUT2D eigenvalue weighted by molar-refractivity contribution is 7.07. The van der Waals surface area contributed by atoms with E-state index in [0.29, 0.717) is 37.7 Å². The molecule has 5 rings (SSSR count). The zero-order valence-electron chi connectivity index (χ0n) is 27.2. The summed E-state index contributed by atoms with van der Waals surface area (Å²) in [5.74, 6) is 0.0778. The van der Waals surface area contributed by atoms with Crippen molar-refractivity contribution in [3.05, 3.63) is 108 Å². The molecule has 2 aromatic carbocycles. The van der Waals surface area contributed by atoms with Crippen molar-refractivity contribution in [1.82, 2.24) is 9.13 Å². The zero-order valence-corrected chi connectivity index (χ0v) is 28.0. The summed E-state index contributed by atoms with van der Waals surface area (Å²) in [6.07, 6.45) is 1.77. The van der Waals surface area contributed by atoms with Crippen LogP contribution in [0.5, 0.6) is 11.5 Å². The molecule has 0 amide bonds. The van der Waals surface area contributed by atoms with Gasteiger partial charge in [0.1, 0.15) is 0 Å². The largest absolute Gasteiger partial charge is 0.493 e. The number of carbonyl (C=O) groups excluding carboxylic acids is 2. The number of carbonyl (C=O) groups is 2. The molecule has 0 bridgehead atoms. The van der Waals surface area contributed by atoms with Gasteiger partial charge in [0.15, 0.2) is 16.3 Å². The maximum absolute atomic E-state index is 14.2. The van der Waals surface area contributed by atoms with Crippen LogP contribution in [0.2, 0.25) is 0 Å². The smallest absolute Gasteiger partial charge is 0.338 e. The first-order valence-electron chi connectivity index (χ1n) is 14.9. The van der Waals surface area contributed by atoms with Gasteiger partial charge in [0.2, 0.25) is 0 Å². The maximum Gasteiger partial charge on any atom is 0.338 e. The number of esters is 2. The Kier molecular flexibility index (Phi) is 9.34. The lowest BCUT2D eigenvalue weighted by Gasteiger charge is -2.25. The summed E-state index contributed by atoms with van der Waals surface area (Å²) >= 11 is 1.25. The fraction of sp³-hybridized carbons (Fsp3) is 0.314. The first-order chi connectivity index (χ1) is 22.0. The predicted molar refractivity (Wildman–Crippen MR) is 176 cm³/mol. The number of aromatic nitrogens is 2. The molecule has 11 heteroatoms. The normalized spacial score (nSPS) is 14.6. The fourth-order valence-electron chi connectivity index (χ4n) is 5.67. The van der Waals surface area contributed by atoms with Gasteiger partial charge in [-0.2, -0.15) is 0 Å². The lowest BCUT2D eigenvalue weighted by molar-refractivity contribution is -0.139. The van der Waals surface area contributed by atoms with E-state index in [-0.39, 0.29) is 23.8 Å². The second-order valence-corrected chi connectivity index (χ2v) is 12.1. The van der Waals surface area contributed by atoms with Crippen LogP contribution in [0.15, 0.2) is 69.6 Å². The third-order valence-electron chi connectivity index (χ3n) is 7.67. The summed E-state index contributed by atoms with van der Waals surface area (Å²) in [4.78, 5) is 44.9. The molecule has 3 heterocycles. The highest BCUT2D eigenvalue weighted by Crippen LogP contribution is 2.36. The molecule has 1 aliphatic rings. The van der Waals surface area contributed by atoms with Crippen molar-refractivity contribution >= 4 is 29.4 Å². The fourth-order valence-corrected chi connectivity index (χ4v) is 6.71. The minimum atomic E-state index is -0.798. The number of rotatable bonds is 9. The number of thiazole rings is 1. The molecule has 0 radical (unpaired) electrons. The van der Waals surface area contributed by atoms with Crippen LogP contribution >= 0.6 is 11.3 Å². The number of aryl methyl sites for hydroxylation is 1. The number of hydrogen-bond donors (Lipinski definition) is 0. The SMILES string of the molecule is CCOC(=O)C1=C(C)N=c2s/c(=C\c3cc(C)n(-c4cccc(C(=O)OC)c4)c3C)c(=O)n2[C@H]1c1ccc(OC(C)C)c(OC)c1. The standard InChI is InChI=1S/C35H37N3O7S/c1-9-44-34(41)30-21(5)36-35-38(31(30)23-13-14-27(45-19(2)3)28(17-23)42-7)32(39)29(46-35)18-25-15-20(4)37(22(25)6)26-12-10-11-24(16-26)33(40)43-8/h10-19,31H,9H2,1-8H3/b29-18-/t31-/m0/s1. The number of fused-ring (bicyclic) bond motifs is 1. The molecule has 46 heavy (non-hydrogen) atoms. The number of hydrogen-bond acceptors (Lipinski definition) is 9. The van der Waals surface area contributed by atoms with E-state index in [2.05, 4.69) is 0 Å². The Morgan fingerprint density at radius 2 is 1.78 bits per heavy atom. The average molecular weight is 644 g/mol. The second kappa shape index (κ2) is 13.2. The molecule has 240 valence electrons. The monoisotopic (exact) mass is 643 g/mol. The molecule has 0 fully saturated rings. The van der Waals surface area contributed by atoms with E-state index in [1.807, 2.05) is 56.5 Å². The van der Waals surface area contributed by atoms with Gasteiger partial charge >= 0.3 is 11.9 Å². The van der Waals surface area contributed by atoms with E-state index < -0.39 is 18.0 Å². The van der Waals surface area contributed by atoms with E-state index >= 15 is 0 Å². The number of ether oxygens (including phenoxy) is 4. The van der Waals surface area contributed by atoms with Crippen LogP contribution in [0.4, 0.5) is 0 Å². The van der Waals surface area contributed by atoms with Crippen LogP contribution in [0.3, 0.4) is 0 Å². The number of methoxy groups -OCH3 is 2. The Balaban J connectivity index is 1.67. The van der Waals surface area contributed by atoms with Gasteiger partial charge in [0.25, 0.3) is 5.56 Å². The first kappa shape index (κ1) is 32.5. The maximum atomic E-state index is 14.2. The van der Waals surface area contributed by atoms with Crippen LogP contribution < -0.4 is 24.4 Å². The van der Waals surface area contributed by atoms with Crippen molar-refractivity contribution < 1.29 is 28.5 Å². The average Bonchev–Trinajstić information content (AvgIpc) is 3.48. The van der Waals surface area contributed by atoms with Gasteiger partial charge in [-0.1, -0.05) is 23.5 Å². The summed E-state index contributed by atoms with van der Waals surface area (Å²) in [6.45, 7) is 11.4. The Morgan fingerprint density at radius 3 is 2.46 bits per heavy atom. The van der Waals surface area contributed by atoms with Gasteiger partial charge in [-0.3, -0.25) is 9.36 Å². The Labute approximate surface area is 270 Å². The van der Waals surface area contributed by atoms with E-state index in [9.17, 15) is 14.4 Å². The van der Waals surface area contributed by atoms with E-state index in [1.165, 1.54) is 18.4 Å². The number of nitrogens with zero attached hydrogens (tertiary/aromatic N) is 3. The van der Waals surface area contributed by atoms with Crippen LogP contribution in [-0.2, 0) is 14.3 Å². The topological polar surface area (TPSA) is 110 Å². The van der Waals surface area contributed by atoms with Crippen molar-refractivity contribution in [2.75, 3.05) is 20.8 Å². The molecule has 2 aromatic heterocycles. The van der Waals surface area contributed by atoms with Crippen molar-refractivity contribution in [3.8, 4) is 17.2 Å². The summed E-state index contributed by atoms with van der Waals surface area (Å²) in [5, 5.41) is 0. The Hall–Kier alpha value is -4.90. The Bertz CT molecular complexity index is 2050. The first-order valence-corrected chi connectivity index (χ1v) is 15.7. The number of allylic oxidation sites excluding steroid dienone is 1. The molecular weight excluding hydrogens is 606 g/mol. The lowest BCUT2D eigenvalue weighted by Crippen LogP contribution is -2.40. The molecule has 1 atom stereocenters. The Morgan fingerprint density at radius 1 is 1.02 bits per heavy atom. The predicted octanol–water partition coefficient (Wildman–Crippen LogP) is 4.79. The minimum Gasteiger partial charge on any atom is -0.493 e. The van der Waals surface area contributed by atoms with Gasteiger partial charge in [-0.25, -0.2) is 14.6 Å². The molecule has 0 aliphatic carbocycles. The van der Waals surface area contributed by atoms with Gasteiger partial charge in [0.05, 0.1) is 54.3 Å². The number of benzene rings is 2. The van der Waals surface area contributed by atoms with E-state index in [1.54, 1.807) is 55.9 Å². The minimum absolute atomic E-state index is 0.0756. The second-order valence-electron chi connectivity index (χ2n) is 11.1. The quantitative estimate of drug-likeness (QED) is 0.241. The van der Waals surface area contributed by atoms with Gasteiger partial charge in [0, 0.05) is 17.1 Å². The van der Waals surface area contributed by atoms with Crippen LogP contribution in [0, 0.1) is 13.8 Å². The van der Waals surface area contributed by atoms with Gasteiger partial charge in [-0.05, 0) is 95.1 Å². The van der Waals surface area contributed by atoms with Crippen molar-refractivity contribution in [3.63, 3.8) is 0 Å². The molecule has 0 spiro atoms. The molecule has 0 saturated carbocycles. The van der Waals surface area contributed by atoms with Crippen molar-refractivity contribution in [1.29, 1.82) is 0 Å². The highest BCUT2D eigenvalue weighted by Gasteiger charge is 2.34. The van der Waals surface area contributed by atoms with Crippen molar-refractivity contribution in [2.45, 2.75) is 53.7 Å². The lowest BCUT2D eigenvalue weighted by atomic mass is 9.95. The third kappa shape index (κ3) is 6.02. The molecule has 4 aromatic rings.